The summed E-state index contributed by atoms with van der Waals surface area (Å²) in [4.78, 5) is 14.5. The van der Waals surface area contributed by atoms with Crippen molar-refractivity contribution in [3.05, 3.63) is 28.9 Å². The van der Waals surface area contributed by atoms with Crippen molar-refractivity contribution in [3.63, 3.8) is 0 Å². The molecule has 1 rings (SSSR count). The monoisotopic (exact) mass is 217 g/mol. The molecule has 0 saturated carbocycles. The normalized spacial score (nSPS) is 13.2. The highest BCUT2D eigenvalue weighted by Gasteiger charge is 2.40. The number of nitrogens with zero attached hydrogens (tertiary/aromatic N) is 3. The van der Waals surface area contributed by atoms with Crippen LogP contribution in [0.3, 0.4) is 0 Å². The van der Waals surface area contributed by atoms with Crippen molar-refractivity contribution in [2.75, 3.05) is 0 Å². The van der Waals surface area contributed by atoms with Crippen LogP contribution in [0.2, 0.25) is 0 Å². The van der Waals surface area contributed by atoms with Gasteiger partial charge in [-0.05, 0) is 0 Å². The van der Waals surface area contributed by atoms with Crippen LogP contribution in [0.4, 0.5) is 13.2 Å². The van der Waals surface area contributed by atoms with Gasteiger partial charge in [-0.3, -0.25) is 9.36 Å². The van der Waals surface area contributed by atoms with Crippen molar-refractivity contribution < 1.29 is 13.2 Å². The lowest BCUT2D eigenvalue weighted by molar-refractivity contribution is -0.162. The van der Waals surface area contributed by atoms with E-state index in [-0.39, 0.29) is 0 Å². The lowest BCUT2D eigenvalue weighted by atomic mass is 10.1. The van der Waals surface area contributed by atoms with E-state index in [1.54, 1.807) is 0 Å². The molecule has 0 N–H and O–H groups in total. The Kier molecular flexibility index (Phi) is 3.09. The number of nitriles is 1. The maximum Gasteiger partial charge on any atom is 0.406 e. The van der Waals surface area contributed by atoms with Crippen molar-refractivity contribution in [3.8, 4) is 6.07 Å². The van der Waals surface area contributed by atoms with Gasteiger partial charge in [-0.1, -0.05) is 0 Å². The molecule has 0 aliphatic heterocycles. The van der Waals surface area contributed by atoms with Crippen LogP contribution in [0.25, 0.3) is 0 Å². The van der Waals surface area contributed by atoms with Crippen LogP contribution in [-0.4, -0.2) is 15.7 Å². The second kappa shape index (κ2) is 4.13. The molecule has 1 aromatic heterocycles. The van der Waals surface area contributed by atoms with Gasteiger partial charge in [-0.15, -0.1) is 0 Å². The van der Waals surface area contributed by atoms with Gasteiger partial charge in [-0.25, -0.2) is 4.98 Å². The van der Waals surface area contributed by atoms with E-state index in [0.29, 0.717) is 0 Å². The number of halogens is 3. The zero-order chi connectivity index (χ0) is 11.5. The molecule has 80 valence electrons. The second-order valence-electron chi connectivity index (χ2n) is 2.79. The third-order valence-corrected chi connectivity index (χ3v) is 1.72. The molecule has 1 atom stereocenters. The second-order valence-corrected chi connectivity index (χ2v) is 2.79. The minimum absolute atomic E-state index is 0.616. The lowest BCUT2D eigenvalue weighted by Gasteiger charge is -2.13. The molecular weight excluding hydrogens is 211 g/mol. The standard InChI is InChI=1S/C8H6F3N3O/c9-8(10,11)6(3-12)4-14-5-13-2-1-7(14)15/h1-2,5-6H,4H2. The molecule has 0 aromatic carbocycles. The molecule has 0 fully saturated rings. The topological polar surface area (TPSA) is 58.7 Å². The van der Waals surface area contributed by atoms with Crippen molar-refractivity contribution >= 4 is 0 Å². The third-order valence-electron chi connectivity index (χ3n) is 1.72. The summed E-state index contributed by atoms with van der Waals surface area (Å²) in [5.41, 5.74) is -0.616. The molecule has 0 aliphatic carbocycles. The Labute approximate surface area is 82.6 Å². The van der Waals surface area contributed by atoms with Crippen molar-refractivity contribution in [1.82, 2.24) is 9.55 Å². The predicted molar refractivity (Wildman–Crippen MR) is 43.7 cm³/mol. The molecule has 1 unspecified atom stereocenters. The molecule has 0 spiro atoms. The largest absolute Gasteiger partial charge is 0.406 e. The molecule has 0 aliphatic rings. The molecule has 0 saturated heterocycles. The van der Waals surface area contributed by atoms with E-state index in [2.05, 4.69) is 4.98 Å². The molecule has 0 bridgehead atoms. The van der Waals surface area contributed by atoms with Crippen LogP contribution in [0.5, 0.6) is 0 Å². The van der Waals surface area contributed by atoms with Gasteiger partial charge in [0.25, 0.3) is 5.56 Å². The molecular formula is C8H6F3N3O. The van der Waals surface area contributed by atoms with E-state index in [9.17, 15) is 18.0 Å². The Bertz CT molecular complexity index is 432. The summed E-state index contributed by atoms with van der Waals surface area (Å²) in [5.74, 6) is -2.20. The Morgan fingerprint density at radius 1 is 1.60 bits per heavy atom. The summed E-state index contributed by atoms with van der Waals surface area (Å²) in [6.07, 6.45) is -2.49. The fourth-order valence-electron chi connectivity index (χ4n) is 0.930. The highest BCUT2D eigenvalue weighted by molar-refractivity contribution is 4.91. The van der Waals surface area contributed by atoms with E-state index >= 15 is 0 Å². The maximum atomic E-state index is 12.2. The van der Waals surface area contributed by atoms with Crippen LogP contribution in [0, 0.1) is 17.2 Å². The van der Waals surface area contributed by atoms with Crippen LogP contribution < -0.4 is 5.56 Å². The number of hydrogen-bond acceptors (Lipinski definition) is 3. The lowest BCUT2D eigenvalue weighted by Crippen LogP contribution is -2.30. The van der Waals surface area contributed by atoms with Gasteiger partial charge >= 0.3 is 6.18 Å². The summed E-state index contributed by atoms with van der Waals surface area (Å²) < 4.78 is 37.3. The summed E-state index contributed by atoms with van der Waals surface area (Å²) in [5, 5.41) is 8.31. The molecule has 7 heteroatoms. The fourth-order valence-corrected chi connectivity index (χ4v) is 0.930. The first kappa shape index (κ1) is 11.2. The quantitative estimate of drug-likeness (QED) is 0.740. The molecule has 4 nitrogen and oxygen atoms in total. The smallest absolute Gasteiger partial charge is 0.298 e. The maximum absolute atomic E-state index is 12.2. The SMILES string of the molecule is N#CC(Cn1cnccc1=O)C(F)(F)F. The molecule has 0 radical (unpaired) electrons. The van der Waals surface area contributed by atoms with Crippen molar-refractivity contribution in [2.45, 2.75) is 12.7 Å². The van der Waals surface area contributed by atoms with E-state index < -0.39 is 24.2 Å². The van der Waals surface area contributed by atoms with Gasteiger partial charge < -0.3 is 0 Å². The third kappa shape index (κ3) is 2.80. The molecule has 15 heavy (non-hydrogen) atoms. The average Bonchev–Trinajstić information content (AvgIpc) is 2.14. The van der Waals surface area contributed by atoms with Gasteiger partial charge in [0.1, 0.15) is 0 Å². The first-order valence-electron chi connectivity index (χ1n) is 3.92. The number of aromatic nitrogens is 2. The fraction of sp³-hybridized carbons (Fsp3) is 0.375. The van der Waals surface area contributed by atoms with E-state index in [1.165, 1.54) is 6.20 Å². The number of rotatable bonds is 2. The zero-order valence-corrected chi connectivity index (χ0v) is 7.40. The summed E-state index contributed by atoms with van der Waals surface area (Å²) in [6, 6.07) is 2.14. The van der Waals surface area contributed by atoms with Crippen LogP contribution in [0.1, 0.15) is 0 Å². The summed E-state index contributed by atoms with van der Waals surface area (Å²) in [6.45, 7) is -0.729. The Morgan fingerprint density at radius 2 is 2.27 bits per heavy atom. The zero-order valence-electron chi connectivity index (χ0n) is 7.40. The molecule has 1 heterocycles. The Balaban J connectivity index is 2.92. The van der Waals surface area contributed by atoms with Crippen molar-refractivity contribution in [1.29, 1.82) is 5.26 Å². The van der Waals surface area contributed by atoms with Crippen LogP contribution >= 0.6 is 0 Å². The summed E-state index contributed by atoms with van der Waals surface area (Å²) in [7, 11) is 0. The van der Waals surface area contributed by atoms with Gasteiger partial charge in [-0.2, -0.15) is 18.4 Å². The number of alkyl halides is 3. The van der Waals surface area contributed by atoms with Crippen LogP contribution in [-0.2, 0) is 6.54 Å². The first-order valence-corrected chi connectivity index (χ1v) is 3.92. The number of hydrogen-bond donors (Lipinski definition) is 0. The van der Waals surface area contributed by atoms with Gasteiger partial charge in [0.05, 0.1) is 18.9 Å². The minimum atomic E-state index is -4.63. The van der Waals surface area contributed by atoms with E-state index in [0.717, 1.165) is 23.0 Å². The van der Waals surface area contributed by atoms with E-state index in [4.69, 9.17) is 5.26 Å². The average molecular weight is 217 g/mol. The minimum Gasteiger partial charge on any atom is -0.298 e. The highest BCUT2D eigenvalue weighted by Crippen LogP contribution is 2.26. The Morgan fingerprint density at radius 3 is 2.73 bits per heavy atom. The molecule has 1 aromatic rings. The van der Waals surface area contributed by atoms with E-state index in [1.807, 2.05) is 0 Å². The van der Waals surface area contributed by atoms with Gasteiger partial charge in [0.15, 0.2) is 5.92 Å². The highest BCUT2D eigenvalue weighted by atomic mass is 19.4. The van der Waals surface area contributed by atoms with Crippen LogP contribution in [0.15, 0.2) is 23.4 Å². The van der Waals surface area contributed by atoms with Gasteiger partial charge in [0, 0.05) is 12.3 Å². The Hall–Kier alpha value is -1.84. The van der Waals surface area contributed by atoms with Crippen molar-refractivity contribution in [2.24, 2.45) is 5.92 Å². The first-order chi connectivity index (χ1) is 6.95. The molecule has 0 amide bonds. The van der Waals surface area contributed by atoms with Gasteiger partial charge in [0.2, 0.25) is 0 Å². The predicted octanol–water partition coefficient (Wildman–Crippen LogP) is 0.945. The summed E-state index contributed by atoms with van der Waals surface area (Å²) >= 11 is 0.